The lowest BCUT2D eigenvalue weighted by Crippen LogP contribution is -2.15. The molecule has 2 N–H and O–H groups in total. The Labute approximate surface area is 342 Å². The molecule has 11 nitrogen and oxygen atoms in total. The topological polar surface area (TPSA) is 129 Å². The first-order valence-corrected chi connectivity index (χ1v) is 18.7. The number of nitrogens with one attached hydrogen (secondary N) is 2. The number of hydrogen-bond donors (Lipinski definition) is 2. The Kier molecular flexibility index (Phi) is 14.2. The zero-order valence-electron chi connectivity index (χ0n) is 31.8. The van der Waals surface area contributed by atoms with Crippen molar-refractivity contribution >= 4 is 23.2 Å². The van der Waals surface area contributed by atoms with Crippen molar-refractivity contribution in [3.05, 3.63) is 156 Å². The Morgan fingerprint density at radius 3 is 1.80 bits per heavy atom. The van der Waals surface area contributed by atoms with Gasteiger partial charge >= 0.3 is 6.18 Å². The van der Waals surface area contributed by atoms with E-state index in [1.807, 2.05) is 56.3 Å². The number of benzene rings is 3. The molecular formula is C43H37ClF4N8O3. The maximum atomic E-state index is 13.0. The van der Waals surface area contributed by atoms with Gasteiger partial charge in [-0.25, -0.2) is 24.3 Å². The van der Waals surface area contributed by atoms with Gasteiger partial charge in [0.2, 0.25) is 0 Å². The highest BCUT2D eigenvalue weighted by Crippen LogP contribution is 2.32. The average Bonchev–Trinajstić information content (AvgIpc) is 3.27. The van der Waals surface area contributed by atoms with Crippen molar-refractivity contribution in [3.8, 4) is 45.8 Å². The highest BCUT2D eigenvalue weighted by molar-refractivity contribution is 6.30. The van der Waals surface area contributed by atoms with Crippen LogP contribution in [0.5, 0.6) is 23.0 Å². The summed E-state index contributed by atoms with van der Waals surface area (Å²) >= 11 is 5.99. The zero-order chi connectivity index (χ0) is 41.6. The van der Waals surface area contributed by atoms with E-state index in [0.29, 0.717) is 71.8 Å². The number of ether oxygens (including phenoxy) is 3. The number of anilines is 2. The summed E-state index contributed by atoms with van der Waals surface area (Å²) in [7, 11) is 0. The van der Waals surface area contributed by atoms with Crippen LogP contribution in [0.15, 0.2) is 128 Å². The van der Waals surface area contributed by atoms with Crippen molar-refractivity contribution in [2.24, 2.45) is 0 Å². The molecule has 0 spiro atoms. The predicted molar refractivity (Wildman–Crippen MR) is 217 cm³/mol. The molecule has 5 heterocycles. The third-order valence-electron chi connectivity index (χ3n) is 8.12. The van der Waals surface area contributed by atoms with Gasteiger partial charge < -0.3 is 24.8 Å². The van der Waals surface area contributed by atoms with Gasteiger partial charge in [-0.05, 0) is 83.9 Å². The molecule has 0 unspecified atom stereocenters. The zero-order valence-corrected chi connectivity index (χ0v) is 32.5. The van der Waals surface area contributed by atoms with Crippen LogP contribution in [0.2, 0.25) is 5.02 Å². The van der Waals surface area contributed by atoms with Crippen LogP contribution in [-0.2, 0) is 19.3 Å². The summed E-state index contributed by atoms with van der Waals surface area (Å²) in [4.78, 5) is 24.8. The van der Waals surface area contributed by atoms with Crippen molar-refractivity contribution in [3.63, 3.8) is 0 Å². The second kappa shape index (κ2) is 20.0. The quantitative estimate of drug-likeness (QED) is 0.128. The molecule has 0 saturated heterocycles. The molecule has 0 saturated carbocycles. The Morgan fingerprint density at radius 2 is 1.19 bits per heavy atom. The first-order valence-electron chi connectivity index (χ1n) is 18.3. The summed E-state index contributed by atoms with van der Waals surface area (Å²) in [6.07, 6.45) is 4.00. The maximum Gasteiger partial charge on any atom is 0.417 e. The molecule has 1 aliphatic heterocycles. The summed E-state index contributed by atoms with van der Waals surface area (Å²) in [5.41, 5.74) is 2.11. The first kappa shape index (κ1) is 41.8. The maximum absolute atomic E-state index is 13.0. The molecule has 0 radical (unpaired) electrons. The number of rotatable bonds is 10. The van der Waals surface area contributed by atoms with Crippen molar-refractivity contribution < 1.29 is 31.8 Å². The van der Waals surface area contributed by atoms with Gasteiger partial charge in [0.25, 0.3) is 0 Å². The number of alkyl halides is 3. The van der Waals surface area contributed by atoms with Crippen LogP contribution >= 0.6 is 11.6 Å². The minimum absolute atomic E-state index is 0.158. The predicted octanol–water partition coefficient (Wildman–Crippen LogP) is 10.7. The number of fused-ring (bicyclic) bond motifs is 1. The van der Waals surface area contributed by atoms with Crippen molar-refractivity contribution in [1.82, 2.24) is 29.9 Å². The van der Waals surface area contributed by atoms with E-state index in [1.165, 1.54) is 24.5 Å². The van der Waals surface area contributed by atoms with Gasteiger partial charge in [-0.1, -0.05) is 43.6 Å². The molecule has 1 aliphatic rings. The Bertz CT molecular complexity index is 2440. The van der Waals surface area contributed by atoms with E-state index in [0.717, 1.165) is 29.0 Å². The minimum Gasteiger partial charge on any atom is -0.486 e. The fourth-order valence-corrected chi connectivity index (χ4v) is 5.51. The smallest absolute Gasteiger partial charge is 0.417 e. The van der Waals surface area contributed by atoms with Gasteiger partial charge in [0.1, 0.15) is 42.2 Å². The average molecular weight is 825 g/mol. The molecule has 0 fully saturated rings. The monoisotopic (exact) mass is 824 g/mol. The largest absolute Gasteiger partial charge is 0.486 e. The molecule has 4 aromatic heterocycles. The van der Waals surface area contributed by atoms with E-state index >= 15 is 0 Å². The molecule has 59 heavy (non-hydrogen) atoms. The third-order valence-corrected chi connectivity index (χ3v) is 8.33. The molecule has 16 heteroatoms. The van der Waals surface area contributed by atoms with E-state index in [2.05, 4.69) is 40.5 Å². The SMILES string of the molecule is CC.FC(F)(F)c1cncc(-c2nccc(NCc3ccc4c(c3)OCCO4)n2)c1.Fc1ccc(Oc2ccc(CNc3ccnc(-c4cncc(Cl)c4)n3)cc2)cc1. The molecule has 3 aromatic carbocycles. The van der Waals surface area contributed by atoms with Gasteiger partial charge in [-0.3, -0.25) is 9.97 Å². The number of hydrogen-bond acceptors (Lipinski definition) is 11. The highest BCUT2D eigenvalue weighted by Gasteiger charge is 2.31. The molecular weight excluding hydrogens is 788 g/mol. The van der Waals surface area contributed by atoms with Crippen molar-refractivity contribution in [2.75, 3.05) is 23.8 Å². The normalized spacial score (nSPS) is 11.6. The van der Waals surface area contributed by atoms with Crippen molar-refractivity contribution in [2.45, 2.75) is 33.1 Å². The van der Waals surface area contributed by atoms with E-state index in [4.69, 9.17) is 25.8 Å². The minimum atomic E-state index is -4.48. The van der Waals surface area contributed by atoms with Crippen LogP contribution in [0.3, 0.4) is 0 Å². The summed E-state index contributed by atoms with van der Waals surface area (Å²) in [6.45, 7) is 6.07. The molecule has 302 valence electrons. The number of aromatic nitrogens is 6. The lowest BCUT2D eigenvalue weighted by atomic mass is 10.2. The molecule has 0 amide bonds. The lowest BCUT2D eigenvalue weighted by Gasteiger charge is -2.19. The third kappa shape index (κ3) is 12.1. The molecule has 0 bridgehead atoms. The van der Waals surface area contributed by atoms with Gasteiger partial charge in [-0.15, -0.1) is 0 Å². The Balaban J connectivity index is 0.000000191. The van der Waals surface area contributed by atoms with Crippen LogP contribution in [0.25, 0.3) is 22.8 Å². The van der Waals surface area contributed by atoms with Gasteiger partial charge in [0.05, 0.1) is 10.6 Å². The lowest BCUT2D eigenvalue weighted by molar-refractivity contribution is -0.137. The van der Waals surface area contributed by atoms with E-state index in [9.17, 15) is 17.6 Å². The summed E-state index contributed by atoms with van der Waals surface area (Å²) < 4.78 is 68.3. The van der Waals surface area contributed by atoms with E-state index < -0.39 is 11.7 Å². The second-order valence-electron chi connectivity index (χ2n) is 12.3. The molecule has 0 atom stereocenters. The van der Waals surface area contributed by atoms with Crippen LogP contribution in [0, 0.1) is 5.82 Å². The van der Waals surface area contributed by atoms with E-state index in [1.54, 1.807) is 48.9 Å². The first-order chi connectivity index (χ1) is 28.6. The second-order valence-corrected chi connectivity index (χ2v) is 12.7. The molecule has 0 aliphatic carbocycles. The van der Waals surface area contributed by atoms with Gasteiger partial charge in [0, 0.05) is 61.4 Å². The van der Waals surface area contributed by atoms with Crippen LogP contribution in [-0.4, -0.2) is 43.1 Å². The van der Waals surface area contributed by atoms with Crippen LogP contribution < -0.4 is 24.8 Å². The fraction of sp³-hybridized carbons (Fsp3) is 0.163. The highest BCUT2D eigenvalue weighted by atomic mass is 35.5. The van der Waals surface area contributed by atoms with Crippen LogP contribution in [0.4, 0.5) is 29.2 Å². The number of nitrogens with zero attached hydrogens (tertiary/aromatic N) is 6. The fourth-order valence-electron chi connectivity index (χ4n) is 5.34. The Hall–Kier alpha value is -6.87. The number of pyridine rings is 2. The standard InChI is InChI=1S/C22H16ClFN4O.C19H15F3N4O2.C2H6/c23-17-11-16(13-25-14-17)22-26-10-9-21(28-22)27-12-15-1-5-19(6-2-15)29-20-7-3-18(24)4-8-20;20-19(21,22)14-8-13(10-23-11-14)18-24-4-3-17(26-18)25-9-12-1-2-15-16(7-12)28-6-5-27-15;1-2/h1-11,13-14H,12H2,(H,26,27,28);1-4,7-8,10-11H,5-6,9H2,(H,24,25,26);1-2H3. The summed E-state index contributed by atoms with van der Waals surface area (Å²) in [6, 6.07) is 25.4. The summed E-state index contributed by atoms with van der Waals surface area (Å²) in [5, 5.41) is 6.94. The molecule has 8 rings (SSSR count). The number of halogens is 5. The van der Waals surface area contributed by atoms with Crippen molar-refractivity contribution in [1.29, 1.82) is 0 Å². The Morgan fingerprint density at radius 1 is 0.644 bits per heavy atom. The van der Waals surface area contributed by atoms with E-state index in [-0.39, 0.29) is 17.2 Å². The van der Waals surface area contributed by atoms with Gasteiger partial charge in [0.15, 0.2) is 23.1 Å². The van der Waals surface area contributed by atoms with Gasteiger partial charge in [-0.2, -0.15) is 13.2 Å². The summed E-state index contributed by atoms with van der Waals surface area (Å²) in [5.74, 6) is 4.25. The molecule has 7 aromatic rings. The van der Waals surface area contributed by atoms with Crippen LogP contribution in [0.1, 0.15) is 30.5 Å².